The number of nitrogens with one attached hydrogen (secondary N) is 1. The van der Waals surface area contributed by atoms with Gasteiger partial charge in [0, 0.05) is 42.4 Å². The highest BCUT2D eigenvalue weighted by atomic mass is 16.3. The molecule has 5 heteroatoms. The molecule has 0 saturated heterocycles. The van der Waals surface area contributed by atoms with Gasteiger partial charge in [-0.05, 0) is 30.7 Å². The van der Waals surface area contributed by atoms with Gasteiger partial charge in [0.15, 0.2) is 0 Å². The van der Waals surface area contributed by atoms with Crippen molar-refractivity contribution < 1.29 is 9.90 Å². The molecule has 1 aromatic carbocycles. The largest absolute Gasteiger partial charge is 0.395 e. The molecule has 0 atom stereocenters. The number of benzene rings is 1. The summed E-state index contributed by atoms with van der Waals surface area (Å²) < 4.78 is 2.21. The van der Waals surface area contributed by atoms with Gasteiger partial charge in [0.1, 0.15) is 0 Å². The molecule has 0 saturated carbocycles. The lowest BCUT2D eigenvalue weighted by Crippen LogP contribution is -2.37. The van der Waals surface area contributed by atoms with Gasteiger partial charge >= 0.3 is 6.03 Å². The molecule has 0 radical (unpaired) electrons. The number of amides is 2. The van der Waals surface area contributed by atoms with Crippen LogP contribution in [0.3, 0.4) is 0 Å². The zero-order valence-electron chi connectivity index (χ0n) is 13.0. The molecule has 0 fully saturated rings. The Labute approximate surface area is 130 Å². The predicted molar refractivity (Wildman–Crippen MR) is 90.1 cm³/mol. The Morgan fingerprint density at radius 1 is 1.45 bits per heavy atom. The van der Waals surface area contributed by atoms with Gasteiger partial charge in [-0.15, -0.1) is 6.58 Å². The summed E-state index contributed by atoms with van der Waals surface area (Å²) in [5.41, 5.74) is 1.91. The maximum atomic E-state index is 12.2. The van der Waals surface area contributed by atoms with Gasteiger partial charge in [-0.25, -0.2) is 4.79 Å². The molecule has 2 N–H and O–H groups in total. The third-order valence-corrected chi connectivity index (χ3v) is 3.49. The molecular formula is C17H23N3O2. The van der Waals surface area contributed by atoms with Gasteiger partial charge in [0.05, 0.1) is 6.61 Å². The zero-order chi connectivity index (χ0) is 15.9. The van der Waals surface area contributed by atoms with Crippen LogP contribution < -0.4 is 5.32 Å². The standard InChI is InChI=1S/C17H23N3O2/c1-3-8-19-10-7-14-13-15(5-6-16(14)19)18-17(22)20(9-4-2)11-12-21/h4-7,10,13,21H,2-3,8-9,11-12H2,1H3,(H,18,22). The van der Waals surface area contributed by atoms with E-state index in [4.69, 9.17) is 5.11 Å². The average molecular weight is 301 g/mol. The Hall–Kier alpha value is -2.27. The van der Waals surface area contributed by atoms with E-state index in [1.165, 1.54) is 4.90 Å². The molecule has 0 unspecified atom stereocenters. The summed E-state index contributed by atoms with van der Waals surface area (Å²) in [6, 6.07) is 7.70. The molecule has 0 bridgehead atoms. The van der Waals surface area contributed by atoms with Crippen molar-refractivity contribution in [2.75, 3.05) is 25.0 Å². The van der Waals surface area contributed by atoms with E-state index < -0.39 is 0 Å². The number of aromatic nitrogens is 1. The number of rotatable bonds is 7. The fourth-order valence-corrected chi connectivity index (χ4v) is 2.47. The van der Waals surface area contributed by atoms with Crippen LogP contribution in [0.2, 0.25) is 0 Å². The first-order valence-electron chi connectivity index (χ1n) is 7.56. The third-order valence-electron chi connectivity index (χ3n) is 3.49. The van der Waals surface area contributed by atoms with E-state index in [1.807, 2.05) is 18.2 Å². The lowest BCUT2D eigenvalue weighted by atomic mass is 10.2. The van der Waals surface area contributed by atoms with Crippen molar-refractivity contribution in [3.63, 3.8) is 0 Å². The minimum Gasteiger partial charge on any atom is -0.395 e. The minimum absolute atomic E-state index is 0.0693. The van der Waals surface area contributed by atoms with Crippen molar-refractivity contribution >= 4 is 22.6 Å². The van der Waals surface area contributed by atoms with Crippen molar-refractivity contribution in [3.05, 3.63) is 43.1 Å². The first-order valence-corrected chi connectivity index (χ1v) is 7.56. The second-order valence-corrected chi connectivity index (χ2v) is 5.17. The van der Waals surface area contributed by atoms with Gasteiger partial charge in [0.2, 0.25) is 0 Å². The summed E-state index contributed by atoms with van der Waals surface area (Å²) in [5.74, 6) is 0. The average Bonchev–Trinajstić information content (AvgIpc) is 2.90. The van der Waals surface area contributed by atoms with Crippen molar-refractivity contribution in [2.24, 2.45) is 0 Å². The Morgan fingerprint density at radius 2 is 2.27 bits per heavy atom. The van der Waals surface area contributed by atoms with E-state index in [0.29, 0.717) is 6.54 Å². The van der Waals surface area contributed by atoms with Crippen molar-refractivity contribution in [3.8, 4) is 0 Å². The number of aliphatic hydroxyl groups is 1. The summed E-state index contributed by atoms with van der Waals surface area (Å²) in [6.45, 7) is 7.38. The van der Waals surface area contributed by atoms with Crippen molar-refractivity contribution in [1.82, 2.24) is 9.47 Å². The summed E-state index contributed by atoms with van der Waals surface area (Å²) in [4.78, 5) is 13.7. The fourth-order valence-electron chi connectivity index (χ4n) is 2.47. The van der Waals surface area contributed by atoms with Crippen LogP contribution in [-0.4, -0.2) is 40.3 Å². The first-order chi connectivity index (χ1) is 10.7. The summed E-state index contributed by atoms with van der Waals surface area (Å²) >= 11 is 0. The highest BCUT2D eigenvalue weighted by molar-refractivity contribution is 5.93. The van der Waals surface area contributed by atoms with Crippen molar-refractivity contribution in [2.45, 2.75) is 19.9 Å². The van der Waals surface area contributed by atoms with Crippen LogP contribution >= 0.6 is 0 Å². The van der Waals surface area contributed by atoms with E-state index in [-0.39, 0.29) is 19.2 Å². The minimum atomic E-state index is -0.235. The van der Waals surface area contributed by atoms with Gasteiger partial charge in [-0.1, -0.05) is 13.0 Å². The molecule has 2 amide bonds. The maximum Gasteiger partial charge on any atom is 0.322 e. The molecule has 0 spiro atoms. The van der Waals surface area contributed by atoms with Crippen LogP contribution in [0.5, 0.6) is 0 Å². The Kier molecular flexibility index (Phi) is 5.61. The Bertz CT molecular complexity index is 648. The summed E-state index contributed by atoms with van der Waals surface area (Å²) in [6.07, 6.45) is 4.79. The van der Waals surface area contributed by atoms with Gasteiger partial charge < -0.3 is 19.9 Å². The second kappa shape index (κ2) is 7.66. The molecule has 118 valence electrons. The molecule has 2 rings (SSSR count). The monoisotopic (exact) mass is 301 g/mol. The number of anilines is 1. The quantitative estimate of drug-likeness (QED) is 0.772. The highest BCUT2D eigenvalue weighted by Crippen LogP contribution is 2.21. The number of carbonyl (C=O) groups is 1. The predicted octanol–water partition coefficient (Wildman–Crippen LogP) is 3.06. The van der Waals surface area contributed by atoms with Crippen LogP contribution in [0.1, 0.15) is 13.3 Å². The van der Waals surface area contributed by atoms with E-state index in [0.717, 1.165) is 29.6 Å². The number of carbonyl (C=O) groups excluding carboxylic acids is 1. The maximum absolute atomic E-state index is 12.2. The molecule has 0 aliphatic heterocycles. The number of hydrogen-bond acceptors (Lipinski definition) is 2. The molecule has 1 heterocycles. The third kappa shape index (κ3) is 3.68. The summed E-state index contributed by atoms with van der Waals surface area (Å²) in [5, 5.41) is 13.0. The van der Waals surface area contributed by atoms with Crippen LogP contribution in [0.4, 0.5) is 10.5 Å². The molecule has 0 aliphatic carbocycles. The van der Waals surface area contributed by atoms with Gasteiger partial charge in [0.25, 0.3) is 0 Å². The van der Waals surface area contributed by atoms with Crippen LogP contribution in [0.25, 0.3) is 10.9 Å². The molecular weight excluding hydrogens is 278 g/mol. The number of fused-ring (bicyclic) bond motifs is 1. The van der Waals surface area contributed by atoms with Crippen LogP contribution in [0, 0.1) is 0 Å². The second-order valence-electron chi connectivity index (χ2n) is 5.17. The summed E-state index contributed by atoms with van der Waals surface area (Å²) in [7, 11) is 0. The number of hydrogen-bond donors (Lipinski definition) is 2. The highest BCUT2D eigenvalue weighted by Gasteiger charge is 2.12. The molecule has 1 aromatic heterocycles. The van der Waals surface area contributed by atoms with E-state index in [2.05, 4.69) is 35.6 Å². The topological polar surface area (TPSA) is 57.5 Å². The fraction of sp³-hybridized carbons (Fsp3) is 0.353. The van der Waals surface area contributed by atoms with E-state index in [1.54, 1.807) is 6.08 Å². The number of nitrogens with zero attached hydrogens (tertiary/aromatic N) is 2. The molecule has 0 aliphatic rings. The van der Waals surface area contributed by atoms with E-state index in [9.17, 15) is 4.79 Å². The van der Waals surface area contributed by atoms with Crippen LogP contribution in [-0.2, 0) is 6.54 Å². The molecule has 5 nitrogen and oxygen atoms in total. The Morgan fingerprint density at radius 3 is 2.95 bits per heavy atom. The number of urea groups is 1. The smallest absolute Gasteiger partial charge is 0.322 e. The Balaban J connectivity index is 2.13. The zero-order valence-corrected chi connectivity index (χ0v) is 13.0. The number of aliphatic hydroxyl groups excluding tert-OH is 1. The van der Waals surface area contributed by atoms with Gasteiger partial charge in [-0.2, -0.15) is 0 Å². The van der Waals surface area contributed by atoms with Crippen molar-refractivity contribution in [1.29, 1.82) is 0 Å². The first kappa shape index (κ1) is 16.1. The molecule has 2 aromatic rings. The van der Waals surface area contributed by atoms with Gasteiger partial charge in [-0.3, -0.25) is 0 Å². The lowest BCUT2D eigenvalue weighted by Gasteiger charge is -2.20. The number of aryl methyl sites for hydroxylation is 1. The lowest BCUT2D eigenvalue weighted by molar-refractivity contribution is 0.195. The molecule has 22 heavy (non-hydrogen) atoms. The normalized spacial score (nSPS) is 10.6. The van der Waals surface area contributed by atoms with Crippen LogP contribution in [0.15, 0.2) is 43.1 Å². The SMILES string of the molecule is C=CCN(CCO)C(=O)Nc1ccc2c(ccn2CCC)c1. The van der Waals surface area contributed by atoms with E-state index >= 15 is 0 Å².